The number of aromatic nitrogens is 2. The number of ether oxygens (including phenoxy) is 1. The number of piperazine rings is 1. The van der Waals surface area contributed by atoms with Crippen molar-refractivity contribution in [1.82, 2.24) is 19.4 Å². The molecule has 0 radical (unpaired) electrons. The van der Waals surface area contributed by atoms with Crippen LogP contribution in [0.2, 0.25) is 0 Å². The van der Waals surface area contributed by atoms with Gasteiger partial charge in [-0.2, -0.15) is 0 Å². The van der Waals surface area contributed by atoms with Crippen molar-refractivity contribution in [3.05, 3.63) is 49.1 Å². The van der Waals surface area contributed by atoms with Crippen molar-refractivity contribution in [2.45, 2.75) is 19.4 Å². The molecule has 1 saturated heterocycles. The second-order valence-corrected chi connectivity index (χ2v) is 6.29. The first-order valence-electron chi connectivity index (χ1n) is 8.95. The van der Waals surface area contributed by atoms with Crippen LogP contribution in [0.1, 0.15) is 12.8 Å². The van der Waals surface area contributed by atoms with Crippen LogP contribution in [0.4, 0.5) is 0 Å². The van der Waals surface area contributed by atoms with E-state index in [4.69, 9.17) is 4.74 Å². The molecule has 1 aromatic carbocycles. The van der Waals surface area contributed by atoms with Crippen molar-refractivity contribution >= 4 is 5.91 Å². The Morgan fingerprint density at radius 1 is 1.08 bits per heavy atom. The number of imidazole rings is 1. The summed E-state index contributed by atoms with van der Waals surface area (Å²) >= 11 is 0. The Bertz CT molecular complexity index is 622. The van der Waals surface area contributed by atoms with Crippen molar-refractivity contribution in [2.24, 2.45) is 0 Å². The van der Waals surface area contributed by atoms with Gasteiger partial charge in [0.2, 0.25) is 5.91 Å². The van der Waals surface area contributed by atoms with Crippen molar-refractivity contribution in [3.63, 3.8) is 0 Å². The van der Waals surface area contributed by atoms with Gasteiger partial charge in [0.25, 0.3) is 0 Å². The van der Waals surface area contributed by atoms with Crippen molar-refractivity contribution in [1.29, 1.82) is 0 Å². The summed E-state index contributed by atoms with van der Waals surface area (Å²) in [6, 6.07) is 9.89. The van der Waals surface area contributed by atoms with Gasteiger partial charge in [0.05, 0.1) is 6.33 Å². The summed E-state index contributed by atoms with van der Waals surface area (Å²) < 4.78 is 7.75. The van der Waals surface area contributed by atoms with Gasteiger partial charge in [-0.05, 0) is 18.6 Å². The zero-order chi connectivity index (χ0) is 17.3. The molecule has 2 aromatic rings. The third kappa shape index (κ3) is 5.60. The van der Waals surface area contributed by atoms with E-state index >= 15 is 0 Å². The maximum Gasteiger partial charge on any atom is 0.222 e. The van der Waals surface area contributed by atoms with Crippen LogP contribution in [0.5, 0.6) is 5.75 Å². The molecule has 0 saturated carbocycles. The molecule has 0 N–H and O–H groups in total. The normalized spacial score (nSPS) is 15.3. The molecule has 1 aliphatic heterocycles. The first-order chi connectivity index (χ1) is 12.3. The quantitative estimate of drug-likeness (QED) is 0.735. The zero-order valence-corrected chi connectivity index (χ0v) is 14.6. The Morgan fingerprint density at radius 2 is 1.88 bits per heavy atom. The summed E-state index contributed by atoms with van der Waals surface area (Å²) in [4.78, 5) is 20.7. The minimum absolute atomic E-state index is 0.264. The lowest BCUT2D eigenvalue weighted by atomic mass is 10.2. The number of amides is 1. The summed E-state index contributed by atoms with van der Waals surface area (Å²) in [6.07, 6.45) is 6.96. The van der Waals surface area contributed by atoms with Gasteiger partial charge in [-0.3, -0.25) is 9.69 Å². The predicted octanol–water partition coefficient (Wildman–Crippen LogP) is 1.89. The molecule has 0 atom stereocenters. The Balaban J connectivity index is 1.29. The van der Waals surface area contributed by atoms with Crippen molar-refractivity contribution in [2.75, 3.05) is 39.3 Å². The summed E-state index contributed by atoms with van der Waals surface area (Å²) in [6.45, 7) is 5.91. The monoisotopic (exact) mass is 342 g/mol. The highest BCUT2D eigenvalue weighted by molar-refractivity contribution is 5.76. The Kier molecular flexibility index (Phi) is 6.45. The van der Waals surface area contributed by atoms with Crippen LogP contribution < -0.4 is 4.74 Å². The van der Waals surface area contributed by atoms with E-state index in [1.54, 1.807) is 12.5 Å². The maximum absolute atomic E-state index is 12.3. The van der Waals surface area contributed by atoms with Crippen LogP contribution in [0.15, 0.2) is 49.1 Å². The highest BCUT2D eigenvalue weighted by atomic mass is 16.5. The van der Waals surface area contributed by atoms with Crippen LogP contribution in [-0.4, -0.2) is 64.6 Å². The van der Waals surface area contributed by atoms with E-state index in [0.29, 0.717) is 13.0 Å². The lowest BCUT2D eigenvalue weighted by Crippen LogP contribution is -2.49. The number of hydrogen-bond donors (Lipinski definition) is 0. The van der Waals surface area contributed by atoms with E-state index in [-0.39, 0.29) is 5.91 Å². The minimum atomic E-state index is 0.264. The summed E-state index contributed by atoms with van der Waals surface area (Å²) in [5, 5.41) is 0. The fourth-order valence-corrected chi connectivity index (χ4v) is 3.02. The second-order valence-electron chi connectivity index (χ2n) is 6.29. The van der Waals surface area contributed by atoms with Gasteiger partial charge in [0, 0.05) is 58.1 Å². The average molecular weight is 342 g/mol. The SMILES string of the molecule is O=C(CCCn1ccnc1)N1CCN(CCOc2ccccc2)CC1. The van der Waals surface area contributed by atoms with E-state index in [2.05, 4.69) is 9.88 Å². The second kappa shape index (κ2) is 9.22. The topological polar surface area (TPSA) is 50.6 Å². The number of hydrogen-bond acceptors (Lipinski definition) is 4. The first kappa shape index (κ1) is 17.5. The molecule has 3 rings (SSSR count). The molecule has 6 heteroatoms. The van der Waals surface area contributed by atoms with Crippen LogP contribution in [0.3, 0.4) is 0 Å². The van der Waals surface area contributed by atoms with Gasteiger partial charge in [-0.1, -0.05) is 18.2 Å². The van der Waals surface area contributed by atoms with Gasteiger partial charge >= 0.3 is 0 Å². The first-order valence-corrected chi connectivity index (χ1v) is 8.95. The van der Waals surface area contributed by atoms with Gasteiger partial charge in [-0.25, -0.2) is 4.98 Å². The Morgan fingerprint density at radius 3 is 2.60 bits per heavy atom. The molecule has 0 spiro atoms. The molecule has 6 nitrogen and oxygen atoms in total. The van der Waals surface area contributed by atoms with Crippen molar-refractivity contribution < 1.29 is 9.53 Å². The van der Waals surface area contributed by atoms with Crippen LogP contribution in [-0.2, 0) is 11.3 Å². The van der Waals surface area contributed by atoms with Gasteiger partial charge < -0.3 is 14.2 Å². The Hall–Kier alpha value is -2.34. The van der Waals surface area contributed by atoms with E-state index in [1.807, 2.05) is 46.0 Å². The number of benzene rings is 1. The smallest absolute Gasteiger partial charge is 0.222 e. The molecule has 1 fully saturated rings. The number of nitrogens with zero attached hydrogens (tertiary/aromatic N) is 4. The molecule has 0 aliphatic carbocycles. The predicted molar refractivity (Wildman–Crippen MR) is 96.4 cm³/mol. The van der Waals surface area contributed by atoms with Crippen LogP contribution in [0, 0.1) is 0 Å². The lowest BCUT2D eigenvalue weighted by molar-refractivity contribution is -0.133. The van der Waals surface area contributed by atoms with E-state index in [9.17, 15) is 4.79 Å². The molecule has 1 aromatic heterocycles. The van der Waals surface area contributed by atoms with Crippen molar-refractivity contribution in [3.8, 4) is 5.75 Å². The van der Waals surface area contributed by atoms with Crippen LogP contribution in [0.25, 0.3) is 0 Å². The fraction of sp³-hybridized carbons (Fsp3) is 0.474. The molecule has 25 heavy (non-hydrogen) atoms. The fourth-order valence-electron chi connectivity index (χ4n) is 3.02. The molecular weight excluding hydrogens is 316 g/mol. The molecule has 134 valence electrons. The summed E-state index contributed by atoms with van der Waals surface area (Å²) in [5.41, 5.74) is 0. The highest BCUT2D eigenvalue weighted by Crippen LogP contribution is 2.09. The van der Waals surface area contributed by atoms with E-state index in [0.717, 1.165) is 51.4 Å². The molecular formula is C19H26N4O2. The lowest BCUT2D eigenvalue weighted by Gasteiger charge is -2.34. The van der Waals surface area contributed by atoms with Gasteiger partial charge in [0.1, 0.15) is 12.4 Å². The third-order valence-corrected chi connectivity index (χ3v) is 4.51. The summed E-state index contributed by atoms with van der Waals surface area (Å²) in [7, 11) is 0. The summed E-state index contributed by atoms with van der Waals surface area (Å²) in [5.74, 6) is 1.18. The number of carbonyl (C=O) groups excluding carboxylic acids is 1. The minimum Gasteiger partial charge on any atom is -0.492 e. The van der Waals surface area contributed by atoms with E-state index < -0.39 is 0 Å². The number of rotatable bonds is 8. The number of aryl methyl sites for hydroxylation is 1. The van der Waals surface area contributed by atoms with E-state index in [1.165, 1.54) is 0 Å². The van der Waals surface area contributed by atoms with Gasteiger partial charge in [0.15, 0.2) is 0 Å². The average Bonchev–Trinajstić information content (AvgIpc) is 3.16. The third-order valence-electron chi connectivity index (χ3n) is 4.51. The molecule has 1 aliphatic rings. The maximum atomic E-state index is 12.3. The molecule has 0 unspecified atom stereocenters. The Labute approximate surface area is 149 Å². The van der Waals surface area contributed by atoms with Gasteiger partial charge in [-0.15, -0.1) is 0 Å². The number of para-hydroxylation sites is 1. The number of carbonyl (C=O) groups is 1. The van der Waals surface area contributed by atoms with Crippen LogP contribution >= 0.6 is 0 Å². The molecule has 2 heterocycles. The zero-order valence-electron chi connectivity index (χ0n) is 14.6. The molecule has 0 bridgehead atoms. The highest BCUT2D eigenvalue weighted by Gasteiger charge is 2.20. The molecule has 1 amide bonds. The largest absolute Gasteiger partial charge is 0.492 e. The standard InChI is InChI=1S/C19H26N4O2/c24-19(7-4-9-22-10-8-20-17-22)23-13-11-21(12-14-23)15-16-25-18-5-2-1-3-6-18/h1-3,5-6,8,10,17H,4,7,9,11-16H2.